The first kappa shape index (κ1) is 13.4. The van der Waals surface area contributed by atoms with Crippen LogP contribution in [-0.4, -0.2) is 24.8 Å². The van der Waals surface area contributed by atoms with Crippen LogP contribution in [0.5, 0.6) is 0 Å². The fraction of sp³-hybridized carbons (Fsp3) is 0.267. The molecule has 6 nitrogen and oxygen atoms in total. The van der Waals surface area contributed by atoms with Crippen LogP contribution in [0.4, 0.5) is 5.69 Å². The maximum atomic E-state index is 4.32. The van der Waals surface area contributed by atoms with E-state index in [0.717, 1.165) is 23.5 Å². The van der Waals surface area contributed by atoms with Gasteiger partial charge in [0.2, 0.25) is 0 Å². The Kier molecular flexibility index (Phi) is 3.68. The molecule has 1 atom stereocenters. The molecule has 0 amide bonds. The van der Waals surface area contributed by atoms with E-state index >= 15 is 0 Å². The van der Waals surface area contributed by atoms with Gasteiger partial charge in [0.15, 0.2) is 0 Å². The molecular weight excluding hydrogens is 264 g/mol. The second kappa shape index (κ2) is 5.78. The number of nitrogens with zero attached hydrogens (tertiary/aromatic N) is 5. The first-order valence-corrected chi connectivity index (χ1v) is 7.02. The first-order chi connectivity index (χ1) is 10.3. The molecule has 21 heavy (non-hydrogen) atoms. The third-order valence-corrected chi connectivity index (χ3v) is 3.42. The summed E-state index contributed by atoms with van der Waals surface area (Å²) in [6.45, 7) is 5.08. The minimum atomic E-state index is 0.162. The van der Waals surface area contributed by atoms with Crippen molar-refractivity contribution in [3.8, 4) is 5.69 Å². The summed E-state index contributed by atoms with van der Waals surface area (Å²) in [4.78, 5) is 0. The molecule has 6 heteroatoms. The van der Waals surface area contributed by atoms with Crippen LogP contribution in [0.25, 0.3) is 5.69 Å². The van der Waals surface area contributed by atoms with Crippen LogP contribution < -0.4 is 5.32 Å². The van der Waals surface area contributed by atoms with Crippen molar-refractivity contribution >= 4 is 5.69 Å². The highest BCUT2D eigenvalue weighted by molar-refractivity contribution is 5.61. The normalized spacial score (nSPS) is 12.3. The van der Waals surface area contributed by atoms with Gasteiger partial charge in [-0.05, 0) is 26.0 Å². The zero-order valence-corrected chi connectivity index (χ0v) is 12.1. The lowest BCUT2D eigenvalue weighted by molar-refractivity contribution is 0.658. The van der Waals surface area contributed by atoms with Gasteiger partial charge in [-0.3, -0.25) is 4.68 Å². The number of aromatic nitrogens is 5. The van der Waals surface area contributed by atoms with E-state index in [4.69, 9.17) is 0 Å². The highest BCUT2D eigenvalue weighted by Crippen LogP contribution is 2.24. The van der Waals surface area contributed by atoms with E-state index in [1.165, 1.54) is 0 Å². The Morgan fingerprint density at radius 2 is 2.14 bits per heavy atom. The third kappa shape index (κ3) is 2.79. The molecule has 0 bridgehead atoms. The Bertz CT molecular complexity index is 701. The minimum Gasteiger partial charge on any atom is -0.377 e. The van der Waals surface area contributed by atoms with Crippen LogP contribution in [0.3, 0.4) is 0 Å². The molecule has 108 valence electrons. The van der Waals surface area contributed by atoms with Gasteiger partial charge in [0.1, 0.15) is 0 Å². The van der Waals surface area contributed by atoms with Crippen molar-refractivity contribution < 1.29 is 0 Å². The van der Waals surface area contributed by atoms with Gasteiger partial charge >= 0.3 is 0 Å². The smallest absolute Gasteiger partial charge is 0.0894 e. The average Bonchev–Trinajstić information content (AvgIpc) is 3.19. The maximum Gasteiger partial charge on any atom is 0.0894 e. The number of nitrogens with one attached hydrogen (secondary N) is 1. The largest absolute Gasteiger partial charge is 0.377 e. The van der Waals surface area contributed by atoms with E-state index in [9.17, 15) is 0 Å². The van der Waals surface area contributed by atoms with Crippen molar-refractivity contribution in [2.75, 3.05) is 5.32 Å². The van der Waals surface area contributed by atoms with Crippen LogP contribution in [0.2, 0.25) is 0 Å². The number of aryl methyl sites for hydroxylation is 1. The summed E-state index contributed by atoms with van der Waals surface area (Å²) in [7, 11) is 0. The molecule has 0 aliphatic heterocycles. The first-order valence-electron chi connectivity index (χ1n) is 7.02. The molecule has 0 saturated carbocycles. The Labute approximate surface area is 123 Å². The number of hydrogen-bond donors (Lipinski definition) is 1. The summed E-state index contributed by atoms with van der Waals surface area (Å²) in [6, 6.07) is 8.21. The molecule has 0 fully saturated rings. The second-order valence-corrected chi connectivity index (χ2v) is 4.86. The number of hydrogen-bond acceptors (Lipinski definition) is 4. The fourth-order valence-corrected chi connectivity index (χ4v) is 2.22. The van der Waals surface area contributed by atoms with E-state index in [0.29, 0.717) is 0 Å². The zero-order valence-electron chi connectivity index (χ0n) is 12.1. The summed E-state index contributed by atoms with van der Waals surface area (Å²) >= 11 is 0. The zero-order chi connectivity index (χ0) is 14.7. The monoisotopic (exact) mass is 282 g/mol. The van der Waals surface area contributed by atoms with Gasteiger partial charge in [-0.2, -0.15) is 5.10 Å². The number of anilines is 1. The highest BCUT2D eigenvalue weighted by atomic mass is 15.4. The molecule has 0 aliphatic rings. The van der Waals surface area contributed by atoms with Crippen LogP contribution in [-0.2, 0) is 6.54 Å². The summed E-state index contributed by atoms with van der Waals surface area (Å²) in [5, 5.41) is 15.7. The molecule has 1 aromatic carbocycles. The maximum absolute atomic E-state index is 4.32. The average molecular weight is 282 g/mol. The van der Waals surface area contributed by atoms with Crippen LogP contribution in [0.15, 0.2) is 49.1 Å². The molecule has 1 N–H and O–H groups in total. The lowest BCUT2D eigenvalue weighted by Crippen LogP contribution is -2.09. The van der Waals surface area contributed by atoms with Crippen LogP contribution >= 0.6 is 0 Å². The molecule has 0 saturated heterocycles. The predicted molar refractivity (Wildman–Crippen MR) is 81.3 cm³/mol. The van der Waals surface area contributed by atoms with Gasteiger partial charge < -0.3 is 5.32 Å². The van der Waals surface area contributed by atoms with Crippen molar-refractivity contribution in [1.29, 1.82) is 0 Å². The summed E-state index contributed by atoms with van der Waals surface area (Å²) in [5.74, 6) is 0. The van der Waals surface area contributed by atoms with Gasteiger partial charge in [-0.15, -0.1) is 5.10 Å². The van der Waals surface area contributed by atoms with Crippen molar-refractivity contribution in [2.45, 2.75) is 26.4 Å². The molecule has 0 aliphatic carbocycles. The predicted octanol–water partition coefficient (Wildman–Crippen LogP) is 2.66. The molecule has 0 radical (unpaired) electrons. The van der Waals surface area contributed by atoms with Crippen molar-refractivity contribution in [1.82, 2.24) is 24.8 Å². The van der Waals surface area contributed by atoms with Crippen molar-refractivity contribution in [3.63, 3.8) is 0 Å². The summed E-state index contributed by atoms with van der Waals surface area (Å²) in [5.41, 5.74) is 3.15. The number of para-hydroxylation sites is 2. The van der Waals surface area contributed by atoms with Gasteiger partial charge in [0, 0.05) is 18.3 Å². The van der Waals surface area contributed by atoms with Crippen LogP contribution in [0, 0.1) is 0 Å². The third-order valence-electron chi connectivity index (χ3n) is 3.42. The van der Waals surface area contributed by atoms with E-state index in [2.05, 4.69) is 40.8 Å². The Morgan fingerprint density at radius 1 is 1.29 bits per heavy atom. The molecule has 2 heterocycles. The van der Waals surface area contributed by atoms with E-state index in [-0.39, 0.29) is 6.04 Å². The number of rotatable bonds is 5. The quantitative estimate of drug-likeness (QED) is 0.781. The molecule has 3 aromatic rings. The molecule has 3 rings (SSSR count). The van der Waals surface area contributed by atoms with Gasteiger partial charge in [0.25, 0.3) is 0 Å². The molecule has 0 spiro atoms. The van der Waals surface area contributed by atoms with Crippen molar-refractivity contribution in [3.05, 3.63) is 54.6 Å². The van der Waals surface area contributed by atoms with Crippen molar-refractivity contribution in [2.24, 2.45) is 0 Å². The van der Waals surface area contributed by atoms with Gasteiger partial charge in [-0.25, -0.2) is 4.68 Å². The van der Waals surface area contributed by atoms with Gasteiger partial charge in [0.05, 0.1) is 36.0 Å². The lowest BCUT2D eigenvalue weighted by Gasteiger charge is -2.16. The highest BCUT2D eigenvalue weighted by Gasteiger charge is 2.11. The number of benzene rings is 1. The summed E-state index contributed by atoms with van der Waals surface area (Å²) < 4.78 is 3.68. The van der Waals surface area contributed by atoms with E-state index in [1.54, 1.807) is 10.9 Å². The topological polar surface area (TPSA) is 60.6 Å². The van der Waals surface area contributed by atoms with Gasteiger partial charge in [-0.1, -0.05) is 17.3 Å². The lowest BCUT2D eigenvalue weighted by atomic mass is 10.1. The summed E-state index contributed by atoms with van der Waals surface area (Å²) in [6.07, 6.45) is 7.47. The Morgan fingerprint density at radius 3 is 2.86 bits per heavy atom. The molecular formula is C15H18N6. The van der Waals surface area contributed by atoms with E-state index in [1.807, 2.05) is 41.3 Å². The molecule has 1 unspecified atom stereocenters. The molecule has 2 aromatic heterocycles. The van der Waals surface area contributed by atoms with Crippen LogP contribution in [0.1, 0.15) is 25.5 Å². The standard InChI is InChI=1S/C15H18N6/c1-3-20-11-13(10-17-20)12(2)18-14-6-4-5-7-15(14)21-9-8-16-19-21/h4-12,18H,3H2,1-2H3. The Hall–Kier alpha value is -2.63. The van der Waals surface area contributed by atoms with E-state index < -0.39 is 0 Å². The SMILES string of the molecule is CCn1cc(C(C)Nc2ccccc2-n2ccnn2)cn1. The fourth-order valence-electron chi connectivity index (χ4n) is 2.22. The Balaban J connectivity index is 1.85. The second-order valence-electron chi connectivity index (χ2n) is 4.86. The minimum absolute atomic E-state index is 0.162.